The van der Waals surface area contributed by atoms with Gasteiger partial charge in [-0.25, -0.2) is 4.79 Å². The predicted molar refractivity (Wildman–Crippen MR) is 124 cm³/mol. The molecule has 0 unspecified atom stereocenters. The number of unbranched alkanes of at least 4 members (excludes halogenated alkanes) is 2. The van der Waals surface area contributed by atoms with Crippen LogP contribution in [-0.4, -0.2) is 24.6 Å². The molecule has 6 nitrogen and oxygen atoms in total. The Balaban J connectivity index is 2.17. The zero-order valence-electron chi connectivity index (χ0n) is 18.3. The number of fused-ring (bicyclic) bond motifs is 1. The highest BCUT2D eigenvalue weighted by Gasteiger charge is 2.27. The molecule has 0 aliphatic carbocycles. The van der Waals surface area contributed by atoms with Gasteiger partial charge in [-0.3, -0.25) is 0 Å². The van der Waals surface area contributed by atoms with E-state index in [1.54, 1.807) is 12.1 Å². The minimum absolute atomic E-state index is 0.142. The van der Waals surface area contributed by atoms with Gasteiger partial charge in [-0.15, -0.1) is 0 Å². The molecule has 0 heterocycles. The maximum Gasteiger partial charge on any atom is 0.340 e. The van der Waals surface area contributed by atoms with Gasteiger partial charge in [-0.05, 0) is 54.3 Å². The molecule has 0 aliphatic rings. The molecule has 7 heteroatoms. The van der Waals surface area contributed by atoms with Crippen molar-refractivity contribution in [3.63, 3.8) is 0 Å². The van der Waals surface area contributed by atoms with E-state index in [4.69, 9.17) is 9.29 Å². The summed E-state index contributed by atoms with van der Waals surface area (Å²) < 4.78 is 32.5. The van der Waals surface area contributed by atoms with Gasteiger partial charge in [0.1, 0.15) is 22.0 Å². The molecule has 0 amide bonds. The van der Waals surface area contributed by atoms with Crippen LogP contribution in [0.2, 0.25) is 0 Å². The third kappa shape index (κ3) is 5.05. The fourth-order valence-corrected chi connectivity index (χ4v) is 5.26. The first-order valence-electron chi connectivity index (χ1n) is 10.8. The topological polar surface area (TPSA) is 101 Å². The summed E-state index contributed by atoms with van der Waals surface area (Å²) in [5.74, 6) is -2.01. The summed E-state index contributed by atoms with van der Waals surface area (Å²) >= 11 is 0. The van der Waals surface area contributed by atoms with E-state index >= 15 is 0 Å². The summed E-state index contributed by atoms with van der Waals surface area (Å²) in [5, 5.41) is 20.5. The van der Waals surface area contributed by atoms with E-state index in [2.05, 4.69) is 19.9 Å². The van der Waals surface area contributed by atoms with Crippen LogP contribution in [0.4, 0.5) is 0 Å². The second-order valence-electron chi connectivity index (χ2n) is 7.79. The number of carboxylic acids is 1. The Morgan fingerprint density at radius 3 is 2.31 bits per heavy atom. The molecule has 0 bridgehead atoms. The fourth-order valence-electron chi connectivity index (χ4n) is 3.83. The van der Waals surface area contributed by atoms with Crippen molar-refractivity contribution in [2.24, 2.45) is 0 Å². The average molecular weight is 457 g/mol. The first-order chi connectivity index (χ1) is 15.3. The molecule has 32 heavy (non-hydrogen) atoms. The van der Waals surface area contributed by atoms with Gasteiger partial charge in [0.15, 0.2) is 0 Å². The minimum atomic E-state index is -4.26. The molecule has 3 aromatic rings. The van der Waals surface area contributed by atoms with Gasteiger partial charge in [-0.2, -0.15) is 8.42 Å². The van der Waals surface area contributed by atoms with Crippen LogP contribution in [0.15, 0.2) is 53.4 Å². The molecule has 0 aromatic heterocycles. The molecule has 0 fully saturated rings. The molecule has 3 rings (SSSR count). The number of aryl methyl sites for hydroxylation is 1. The highest BCUT2D eigenvalue weighted by molar-refractivity contribution is 7.87. The Labute approximate surface area is 188 Å². The summed E-state index contributed by atoms with van der Waals surface area (Å²) in [6.07, 6.45) is 5.09. The van der Waals surface area contributed by atoms with Crippen LogP contribution in [0.5, 0.6) is 11.5 Å². The Hall–Kier alpha value is -3.06. The lowest BCUT2D eigenvalue weighted by atomic mass is 9.94. The molecule has 0 aliphatic heterocycles. The highest BCUT2D eigenvalue weighted by atomic mass is 32.2. The van der Waals surface area contributed by atoms with E-state index in [-0.39, 0.29) is 16.2 Å². The second kappa shape index (κ2) is 10.0. The van der Waals surface area contributed by atoms with Gasteiger partial charge in [0.2, 0.25) is 0 Å². The highest BCUT2D eigenvalue weighted by Crippen LogP contribution is 2.35. The lowest BCUT2D eigenvalue weighted by molar-refractivity contribution is 0.0693. The van der Waals surface area contributed by atoms with Gasteiger partial charge in [-0.1, -0.05) is 57.0 Å². The van der Waals surface area contributed by atoms with Crippen molar-refractivity contribution in [2.45, 2.75) is 57.3 Å². The van der Waals surface area contributed by atoms with Crippen LogP contribution < -0.4 is 4.18 Å². The van der Waals surface area contributed by atoms with Crippen LogP contribution in [0.1, 0.15) is 61.0 Å². The predicted octanol–water partition coefficient (Wildman–Crippen LogP) is 5.70. The van der Waals surface area contributed by atoms with Gasteiger partial charge >= 0.3 is 16.1 Å². The summed E-state index contributed by atoms with van der Waals surface area (Å²) in [6, 6.07) is 12.8. The van der Waals surface area contributed by atoms with Gasteiger partial charge in [0, 0.05) is 11.5 Å². The van der Waals surface area contributed by atoms with Crippen molar-refractivity contribution < 1.29 is 27.6 Å². The van der Waals surface area contributed by atoms with Crippen molar-refractivity contribution >= 4 is 26.9 Å². The number of benzene rings is 3. The number of rotatable bonds is 10. The van der Waals surface area contributed by atoms with Crippen LogP contribution in [0.25, 0.3) is 10.8 Å². The summed E-state index contributed by atoms with van der Waals surface area (Å²) in [5.41, 5.74) is 1.45. The van der Waals surface area contributed by atoms with E-state index in [1.165, 1.54) is 6.07 Å². The Bertz CT molecular complexity index is 1230. The first kappa shape index (κ1) is 23.6. The molecule has 0 saturated carbocycles. The first-order valence-corrected chi connectivity index (χ1v) is 12.2. The second-order valence-corrected chi connectivity index (χ2v) is 9.28. The van der Waals surface area contributed by atoms with Gasteiger partial charge in [0.05, 0.1) is 0 Å². The number of aromatic hydroxyl groups is 1. The molecule has 0 atom stereocenters. The van der Waals surface area contributed by atoms with E-state index in [9.17, 15) is 18.3 Å². The monoisotopic (exact) mass is 456 g/mol. The zero-order chi connectivity index (χ0) is 23.3. The van der Waals surface area contributed by atoms with Crippen molar-refractivity contribution in [3.05, 3.63) is 65.2 Å². The van der Waals surface area contributed by atoms with Crippen LogP contribution in [0, 0.1) is 0 Å². The van der Waals surface area contributed by atoms with E-state index in [1.807, 2.05) is 12.1 Å². The molecule has 0 saturated heterocycles. The maximum atomic E-state index is 13.5. The van der Waals surface area contributed by atoms with Crippen molar-refractivity contribution in [2.75, 3.05) is 0 Å². The smallest absolute Gasteiger partial charge is 0.340 e. The number of aromatic carboxylic acids is 1. The standard InChI is InChI=1S/C25H28O6S/c1-3-5-9-17-15-18-10-7-8-12-21(18)24(20(17)11-6-4-2)32(29,30)31-19-13-14-22(25(27)28)23(26)16-19/h7-8,10,12-16,26H,3-6,9,11H2,1-2H3,(H,27,28). The van der Waals surface area contributed by atoms with Crippen LogP contribution >= 0.6 is 0 Å². The minimum Gasteiger partial charge on any atom is -0.507 e. The molecule has 0 radical (unpaired) electrons. The molecule has 2 N–H and O–H groups in total. The summed E-state index contributed by atoms with van der Waals surface area (Å²) in [6.45, 7) is 4.16. The SMILES string of the molecule is CCCCc1cc2ccccc2c(S(=O)(=O)Oc2ccc(C(=O)O)c(O)c2)c1CCCC. The van der Waals surface area contributed by atoms with E-state index < -0.39 is 21.8 Å². The lowest BCUT2D eigenvalue weighted by Crippen LogP contribution is -2.15. The lowest BCUT2D eigenvalue weighted by Gasteiger charge is -2.18. The van der Waals surface area contributed by atoms with Crippen LogP contribution in [-0.2, 0) is 23.0 Å². The van der Waals surface area contributed by atoms with Gasteiger partial charge < -0.3 is 14.4 Å². The van der Waals surface area contributed by atoms with Crippen molar-refractivity contribution in [3.8, 4) is 11.5 Å². The molecular formula is C25H28O6S. The number of phenols is 1. The Morgan fingerprint density at radius 2 is 1.66 bits per heavy atom. The van der Waals surface area contributed by atoms with Crippen LogP contribution in [0.3, 0.4) is 0 Å². The molecule has 170 valence electrons. The molecule has 3 aromatic carbocycles. The molecular weight excluding hydrogens is 428 g/mol. The Morgan fingerprint density at radius 1 is 0.969 bits per heavy atom. The van der Waals surface area contributed by atoms with E-state index in [0.717, 1.165) is 60.7 Å². The number of carboxylic acid groups (broad SMARTS) is 1. The largest absolute Gasteiger partial charge is 0.507 e. The Kier molecular flexibility index (Phi) is 7.40. The average Bonchev–Trinajstić information content (AvgIpc) is 2.74. The third-order valence-corrected chi connectivity index (χ3v) is 6.81. The summed E-state index contributed by atoms with van der Waals surface area (Å²) in [4.78, 5) is 11.3. The summed E-state index contributed by atoms with van der Waals surface area (Å²) in [7, 11) is -4.26. The number of hydrogen-bond acceptors (Lipinski definition) is 5. The number of carbonyl (C=O) groups is 1. The van der Waals surface area contributed by atoms with Gasteiger partial charge in [0.25, 0.3) is 0 Å². The fraction of sp³-hybridized carbons (Fsp3) is 0.320. The third-order valence-electron chi connectivity index (χ3n) is 5.43. The number of hydrogen-bond donors (Lipinski definition) is 2. The maximum absolute atomic E-state index is 13.5. The van der Waals surface area contributed by atoms with E-state index in [0.29, 0.717) is 11.8 Å². The molecule has 0 spiro atoms. The quantitative estimate of drug-likeness (QED) is 0.380. The van der Waals surface area contributed by atoms with Crippen molar-refractivity contribution in [1.82, 2.24) is 0 Å². The zero-order valence-corrected chi connectivity index (χ0v) is 19.1. The van der Waals surface area contributed by atoms with Crippen molar-refractivity contribution in [1.29, 1.82) is 0 Å². The normalized spacial score (nSPS) is 11.6.